The topological polar surface area (TPSA) is 102 Å². The van der Waals surface area contributed by atoms with Gasteiger partial charge in [-0.25, -0.2) is 9.69 Å². The van der Waals surface area contributed by atoms with Gasteiger partial charge in [0.25, 0.3) is 0 Å². The first-order valence-electron chi connectivity index (χ1n) is 12.2. The Morgan fingerprint density at radius 1 is 1.06 bits per heavy atom. The van der Waals surface area contributed by atoms with Crippen molar-refractivity contribution in [2.45, 2.75) is 45.9 Å². The standard InChI is InChI=1S/C28H35NO7/c1-18(15-35-16-22-10-12-24(34-4)13-11-22)25(30)19(2)26(31)20(3)27(32)29-23(17-36-28(29)33)14-21-8-6-5-7-9-21/h5-13,18-20,23,25,30H,14-17H2,1-4H3/t18-,19+,20-,23-,25-/m0/s1. The lowest BCUT2D eigenvalue weighted by atomic mass is 9.85. The molecule has 36 heavy (non-hydrogen) atoms. The van der Waals surface area contributed by atoms with Crippen LogP contribution in [0.3, 0.4) is 0 Å². The zero-order valence-electron chi connectivity index (χ0n) is 21.3. The van der Waals surface area contributed by atoms with Crippen LogP contribution in [0.15, 0.2) is 54.6 Å². The van der Waals surface area contributed by atoms with Gasteiger partial charge >= 0.3 is 6.09 Å². The molecule has 3 rings (SSSR count). The third kappa shape index (κ3) is 6.71. The number of carbonyl (C=O) groups excluding carboxylic acids is 3. The highest BCUT2D eigenvalue weighted by atomic mass is 16.6. The normalized spacial score (nSPS) is 18.8. The van der Waals surface area contributed by atoms with Crippen molar-refractivity contribution < 1.29 is 33.7 Å². The average Bonchev–Trinajstić information content (AvgIpc) is 3.26. The van der Waals surface area contributed by atoms with Gasteiger partial charge in [-0.2, -0.15) is 0 Å². The van der Waals surface area contributed by atoms with Crippen LogP contribution in [0, 0.1) is 17.8 Å². The van der Waals surface area contributed by atoms with Crippen molar-refractivity contribution in [1.82, 2.24) is 4.90 Å². The number of nitrogens with zero attached hydrogens (tertiary/aromatic N) is 1. The Balaban J connectivity index is 1.54. The molecule has 8 heteroatoms. The minimum atomic E-state index is -1.09. The van der Waals surface area contributed by atoms with E-state index in [-0.39, 0.29) is 19.1 Å². The van der Waals surface area contributed by atoms with E-state index in [4.69, 9.17) is 14.2 Å². The van der Waals surface area contributed by atoms with Gasteiger partial charge in [0.05, 0.1) is 38.4 Å². The number of ether oxygens (including phenoxy) is 3. The fourth-order valence-electron chi connectivity index (χ4n) is 4.34. The molecule has 2 amide bonds. The second-order valence-electron chi connectivity index (χ2n) is 9.37. The van der Waals surface area contributed by atoms with Gasteiger partial charge < -0.3 is 19.3 Å². The van der Waals surface area contributed by atoms with E-state index in [1.54, 1.807) is 21.0 Å². The number of rotatable bonds is 12. The fraction of sp³-hybridized carbons (Fsp3) is 0.464. The predicted octanol–water partition coefficient (Wildman–Crippen LogP) is 3.64. The number of imide groups is 1. The molecule has 0 spiro atoms. The van der Waals surface area contributed by atoms with Gasteiger partial charge in [-0.15, -0.1) is 0 Å². The van der Waals surface area contributed by atoms with Gasteiger partial charge in [0, 0.05) is 11.8 Å². The van der Waals surface area contributed by atoms with E-state index >= 15 is 0 Å². The van der Waals surface area contributed by atoms with E-state index in [0.717, 1.165) is 21.8 Å². The molecule has 1 fully saturated rings. The number of carbonyl (C=O) groups is 3. The van der Waals surface area contributed by atoms with Crippen molar-refractivity contribution in [3.05, 3.63) is 65.7 Å². The van der Waals surface area contributed by atoms with Crippen LogP contribution in [0.2, 0.25) is 0 Å². The van der Waals surface area contributed by atoms with Gasteiger partial charge in [0.1, 0.15) is 18.1 Å². The zero-order valence-corrected chi connectivity index (χ0v) is 21.3. The van der Waals surface area contributed by atoms with Crippen LogP contribution in [-0.2, 0) is 32.1 Å². The molecule has 0 bridgehead atoms. The van der Waals surface area contributed by atoms with Crippen molar-refractivity contribution in [3.8, 4) is 5.75 Å². The van der Waals surface area contributed by atoms with E-state index in [0.29, 0.717) is 13.0 Å². The van der Waals surface area contributed by atoms with Crippen molar-refractivity contribution in [2.24, 2.45) is 17.8 Å². The molecule has 1 saturated heterocycles. The quantitative estimate of drug-likeness (QED) is 0.447. The number of cyclic esters (lactones) is 1. The van der Waals surface area contributed by atoms with Gasteiger partial charge in [0.2, 0.25) is 5.91 Å². The molecular weight excluding hydrogens is 462 g/mol. The lowest BCUT2D eigenvalue weighted by molar-refractivity contribution is -0.142. The average molecular weight is 498 g/mol. The van der Waals surface area contributed by atoms with Crippen molar-refractivity contribution in [1.29, 1.82) is 0 Å². The van der Waals surface area contributed by atoms with E-state index in [1.165, 1.54) is 6.92 Å². The van der Waals surface area contributed by atoms with Crippen LogP contribution >= 0.6 is 0 Å². The van der Waals surface area contributed by atoms with Crippen LogP contribution in [-0.4, -0.2) is 60.3 Å². The molecule has 8 nitrogen and oxygen atoms in total. The van der Waals surface area contributed by atoms with Crippen molar-refractivity contribution >= 4 is 17.8 Å². The van der Waals surface area contributed by atoms with Gasteiger partial charge in [-0.1, -0.05) is 56.3 Å². The Labute approximate surface area is 212 Å². The summed E-state index contributed by atoms with van der Waals surface area (Å²) in [7, 11) is 1.60. The predicted molar refractivity (Wildman–Crippen MR) is 133 cm³/mol. The first-order valence-corrected chi connectivity index (χ1v) is 12.2. The summed E-state index contributed by atoms with van der Waals surface area (Å²) < 4.78 is 16.0. The monoisotopic (exact) mass is 497 g/mol. The highest BCUT2D eigenvalue weighted by Gasteiger charge is 2.43. The van der Waals surface area contributed by atoms with Crippen molar-refractivity contribution in [3.63, 3.8) is 0 Å². The second kappa shape index (κ2) is 12.6. The molecule has 0 saturated carbocycles. The lowest BCUT2D eigenvalue weighted by Crippen LogP contribution is -2.47. The number of hydrogen-bond donors (Lipinski definition) is 1. The number of aliphatic hydroxyl groups excluding tert-OH is 1. The number of ketones is 1. The highest BCUT2D eigenvalue weighted by Crippen LogP contribution is 2.24. The van der Waals surface area contributed by atoms with Gasteiger partial charge in [-0.05, 0) is 36.6 Å². The smallest absolute Gasteiger partial charge is 0.417 e. The van der Waals surface area contributed by atoms with E-state index in [9.17, 15) is 19.5 Å². The van der Waals surface area contributed by atoms with Gasteiger partial charge in [-0.3, -0.25) is 9.59 Å². The third-order valence-electron chi connectivity index (χ3n) is 6.66. The maximum Gasteiger partial charge on any atom is 0.417 e. The molecule has 0 radical (unpaired) electrons. The number of Topliss-reactive ketones (excluding diaryl/α,β-unsaturated/α-hetero) is 1. The van der Waals surface area contributed by atoms with Crippen LogP contribution in [0.1, 0.15) is 31.9 Å². The fourth-order valence-corrected chi connectivity index (χ4v) is 4.34. The first-order chi connectivity index (χ1) is 17.2. The lowest BCUT2D eigenvalue weighted by Gasteiger charge is -2.27. The summed E-state index contributed by atoms with van der Waals surface area (Å²) in [4.78, 5) is 39.6. The molecule has 5 atom stereocenters. The molecule has 1 N–H and O–H groups in total. The molecule has 1 heterocycles. The summed E-state index contributed by atoms with van der Waals surface area (Å²) in [6, 6.07) is 16.5. The Kier molecular flexibility index (Phi) is 9.61. The molecule has 1 aliphatic rings. The van der Waals surface area contributed by atoms with Gasteiger partial charge in [0.15, 0.2) is 0 Å². The maximum atomic E-state index is 13.2. The number of methoxy groups -OCH3 is 1. The number of aliphatic hydroxyl groups is 1. The molecule has 2 aromatic rings. The van der Waals surface area contributed by atoms with E-state index < -0.39 is 41.8 Å². The number of benzene rings is 2. The van der Waals surface area contributed by atoms with Crippen molar-refractivity contribution in [2.75, 3.05) is 20.3 Å². The zero-order chi connectivity index (χ0) is 26.2. The minimum absolute atomic E-state index is 0.0844. The molecule has 2 aromatic carbocycles. The Morgan fingerprint density at radius 2 is 1.72 bits per heavy atom. The summed E-state index contributed by atoms with van der Waals surface area (Å²) >= 11 is 0. The summed E-state index contributed by atoms with van der Waals surface area (Å²) in [6.45, 7) is 5.55. The Hall–Kier alpha value is -3.23. The van der Waals surface area contributed by atoms with E-state index in [1.807, 2.05) is 54.6 Å². The molecule has 0 aromatic heterocycles. The molecular formula is C28H35NO7. The van der Waals surface area contributed by atoms with E-state index in [2.05, 4.69) is 0 Å². The second-order valence-corrected chi connectivity index (χ2v) is 9.37. The Bertz CT molecular complexity index is 1020. The molecule has 194 valence electrons. The molecule has 0 unspecified atom stereocenters. The highest BCUT2D eigenvalue weighted by molar-refractivity contribution is 6.07. The summed E-state index contributed by atoms with van der Waals surface area (Å²) in [6.07, 6.45) is -1.30. The molecule has 0 aliphatic carbocycles. The van der Waals surface area contributed by atoms with Crippen LogP contribution < -0.4 is 4.74 Å². The van der Waals surface area contributed by atoms with Crippen LogP contribution in [0.25, 0.3) is 0 Å². The summed E-state index contributed by atoms with van der Waals surface area (Å²) in [5.41, 5.74) is 1.92. The minimum Gasteiger partial charge on any atom is -0.497 e. The number of amides is 2. The number of hydrogen-bond acceptors (Lipinski definition) is 7. The summed E-state index contributed by atoms with van der Waals surface area (Å²) in [5, 5.41) is 10.8. The third-order valence-corrected chi connectivity index (χ3v) is 6.66. The van der Waals surface area contributed by atoms with Crippen LogP contribution in [0.5, 0.6) is 5.75 Å². The van der Waals surface area contributed by atoms with Crippen LogP contribution in [0.4, 0.5) is 4.79 Å². The summed E-state index contributed by atoms with van der Waals surface area (Å²) in [5.74, 6) is -2.52. The molecule has 1 aliphatic heterocycles. The SMILES string of the molecule is COc1ccc(COC[C@H](C)[C@H](O)[C@@H](C)C(=O)[C@H](C)C(=O)N2C(=O)OC[C@@H]2Cc2ccccc2)cc1. The Morgan fingerprint density at radius 3 is 2.36 bits per heavy atom. The maximum absolute atomic E-state index is 13.2. The largest absolute Gasteiger partial charge is 0.497 e. The first kappa shape index (κ1) is 27.4.